The number of nitrogens with zero attached hydrogens (tertiary/aromatic N) is 4. The van der Waals surface area contributed by atoms with Crippen molar-refractivity contribution in [2.45, 2.75) is 36.6 Å². The van der Waals surface area contributed by atoms with Crippen LogP contribution in [0.1, 0.15) is 34.6 Å². The van der Waals surface area contributed by atoms with E-state index in [1.807, 2.05) is 12.1 Å². The van der Waals surface area contributed by atoms with Crippen LogP contribution in [0.2, 0.25) is 5.02 Å². The van der Waals surface area contributed by atoms with Crippen molar-refractivity contribution in [1.29, 1.82) is 10.5 Å². The number of oxazole rings is 1. The third-order valence-corrected chi connectivity index (χ3v) is 7.33. The summed E-state index contributed by atoms with van der Waals surface area (Å²) >= 11 is 6.99. The Bertz CT molecular complexity index is 1590. The van der Waals surface area contributed by atoms with Crippen LogP contribution in [0.3, 0.4) is 0 Å². The second kappa shape index (κ2) is 12.3. The lowest BCUT2D eigenvalue weighted by Gasteiger charge is -2.13. The summed E-state index contributed by atoms with van der Waals surface area (Å²) in [5, 5.41) is 38.8. The number of aryl methyl sites for hydroxylation is 2. The van der Waals surface area contributed by atoms with Gasteiger partial charge in [-0.3, -0.25) is 0 Å². The van der Waals surface area contributed by atoms with Gasteiger partial charge in [0.2, 0.25) is 5.89 Å². The van der Waals surface area contributed by atoms with Crippen LogP contribution in [0.25, 0.3) is 22.6 Å². The number of aliphatic hydroxyl groups excluding tert-OH is 2. The summed E-state index contributed by atoms with van der Waals surface area (Å²) in [6, 6.07) is 15.8. The molecule has 4 rings (SSSR count). The number of hydrogen-bond acceptors (Lipinski definition) is 9. The molecule has 0 aliphatic carbocycles. The SMILES string of the molecule is Cc1oc(-c2ccc(Cl)c(F)c2)nc1CSc1nc(N)c(C#N)c(-c2ccc(CC[C@H](O)CO)cc2)c1C#N. The molecule has 0 saturated heterocycles. The number of nitriles is 2. The first-order valence-corrected chi connectivity index (χ1v) is 13.2. The summed E-state index contributed by atoms with van der Waals surface area (Å²) in [7, 11) is 0. The maximum absolute atomic E-state index is 13.9. The summed E-state index contributed by atoms with van der Waals surface area (Å²) in [5.41, 5.74) is 9.39. The average molecular weight is 564 g/mol. The number of halogens is 2. The molecule has 0 aliphatic heterocycles. The van der Waals surface area contributed by atoms with Gasteiger partial charge in [-0.15, -0.1) is 0 Å². The molecule has 11 heteroatoms. The molecule has 0 bridgehead atoms. The minimum absolute atomic E-state index is 0.00153. The summed E-state index contributed by atoms with van der Waals surface area (Å²) in [6.45, 7) is 1.43. The van der Waals surface area contributed by atoms with Crippen LogP contribution in [0, 0.1) is 35.4 Å². The Morgan fingerprint density at radius 3 is 2.44 bits per heavy atom. The Morgan fingerprint density at radius 2 is 1.79 bits per heavy atom. The van der Waals surface area contributed by atoms with Crippen LogP contribution in [-0.4, -0.2) is 32.9 Å². The monoisotopic (exact) mass is 563 g/mol. The second-order valence-corrected chi connectivity index (χ2v) is 10.0. The van der Waals surface area contributed by atoms with Crippen LogP contribution in [0.4, 0.5) is 10.2 Å². The lowest BCUT2D eigenvalue weighted by atomic mass is 9.95. The molecule has 2 aromatic heterocycles. The van der Waals surface area contributed by atoms with Crippen molar-refractivity contribution >= 4 is 29.2 Å². The van der Waals surface area contributed by atoms with E-state index in [0.717, 1.165) is 5.56 Å². The van der Waals surface area contributed by atoms with Crippen LogP contribution in [0.5, 0.6) is 0 Å². The molecule has 2 aromatic carbocycles. The summed E-state index contributed by atoms with van der Waals surface area (Å²) in [4.78, 5) is 8.81. The highest BCUT2D eigenvalue weighted by molar-refractivity contribution is 7.98. The molecule has 0 fully saturated rings. The largest absolute Gasteiger partial charge is 0.441 e. The highest BCUT2D eigenvalue weighted by atomic mass is 35.5. The molecule has 198 valence electrons. The molecule has 0 saturated carbocycles. The molecule has 0 radical (unpaired) electrons. The minimum Gasteiger partial charge on any atom is -0.441 e. The fourth-order valence-corrected chi connectivity index (χ4v) is 5.02. The fraction of sp³-hybridized carbons (Fsp3) is 0.214. The fourth-order valence-electron chi connectivity index (χ4n) is 3.91. The molecular formula is C28H23ClFN5O3S. The predicted molar refractivity (Wildman–Crippen MR) is 146 cm³/mol. The van der Waals surface area contributed by atoms with E-state index < -0.39 is 11.9 Å². The predicted octanol–water partition coefficient (Wildman–Crippen LogP) is 5.41. The maximum Gasteiger partial charge on any atom is 0.226 e. The quantitative estimate of drug-likeness (QED) is 0.227. The number of anilines is 1. The number of benzene rings is 2. The first-order chi connectivity index (χ1) is 18.7. The molecule has 8 nitrogen and oxygen atoms in total. The third-order valence-electron chi connectivity index (χ3n) is 6.04. The number of nitrogens with two attached hydrogens (primary N) is 1. The molecule has 2 heterocycles. The first kappa shape index (κ1) is 28.1. The Kier molecular flexibility index (Phi) is 8.85. The van der Waals surface area contributed by atoms with Crippen molar-refractivity contribution in [3.63, 3.8) is 0 Å². The first-order valence-electron chi connectivity index (χ1n) is 11.8. The van der Waals surface area contributed by atoms with Gasteiger partial charge < -0.3 is 20.4 Å². The number of nitrogen functional groups attached to an aromatic ring is 1. The van der Waals surface area contributed by atoms with E-state index in [-0.39, 0.29) is 40.2 Å². The molecule has 0 amide bonds. The number of thioether (sulfide) groups is 1. The van der Waals surface area contributed by atoms with Gasteiger partial charge in [-0.25, -0.2) is 14.4 Å². The van der Waals surface area contributed by atoms with E-state index in [0.29, 0.717) is 46.0 Å². The molecule has 0 unspecified atom stereocenters. The van der Waals surface area contributed by atoms with Crippen LogP contribution in [0.15, 0.2) is 51.9 Å². The Hall–Kier alpha value is -3.93. The van der Waals surface area contributed by atoms with Gasteiger partial charge in [-0.05, 0) is 49.1 Å². The van der Waals surface area contributed by atoms with Gasteiger partial charge in [0.1, 0.15) is 40.1 Å². The van der Waals surface area contributed by atoms with Crippen LogP contribution >= 0.6 is 23.4 Å². The topological polar surface area (TPSA) is 153 Å². The molecule has 4 aromatic rings. The highest BCUT2D eigenvalue weighted by Crippen LogP contribution is 2.37. The summed E-state index contributed by atoms with van der Waals surface area (Å²) in [5.74, 6) is 0.455. The van der Waals surface area contributed by atoms with E-state index in [9.17, 15) is 20.0 Å². The van der Waals surface area contributed by atoms with Crippen molar-refractivity contribution < 1.29 is 19.0 Å². The lowest BCUT2D eigenvalue weighted by molar-refractivity contribution is 0.0886. The number of rotatable bonds is 9. The van der Waals surface area contributed by atoms with E-state index in [1.165, 1.54) is 23.9 Å². The van der Waals surface area contributed by atoms with Gasteiger partial charge in [0.05, 0.1) is 29.0 Å². The van der Waals surface area contributed by atoms with Crippen molar-refractivity contribution in [3.05, 3.63) is 81.4 Å². The molecule has 39 heavy (non-hydrogen) atoms. The Labute approximate surface area is 233 Å². The molecule has 0 aliphatic rings. The van der Waals surface area contributed by atoms with E-state index in [4.69, 9.17) is 26.9 Å². The molecule has 1 atom stereocenters. The van der Waals surface area contributed by atoms with Gasteiger partial charge in [0.15, 0.2) is 0 Å². The van der Waals surface area contributed by atoms with Crippen molar-refractivity contribution in [1.82, 2.24) is 9.97 Å². The Balaban J connectivity index is 1.63. The third kappa shape index (κ3) is 6.22. The highest BCUT2D eigenvalue weighted by Gasteiger charge is 2.22. The van der Waals surface area contributed by atoms with Gasteiger partial charge >= 0.3 is 0 Å². The van der Waals surface area contributed by atoms with Gasteiger partial charge in [0.25, 0.3) is 0 Å². The van der Waals surface area contributed by atoms with E-state index in [2.05, 4.69) is 22.1 Å². The smallest absolute Gasteiger partial charge is 0.226 e. The number of aromatic nitrogens is 2. The normalized spacial score (nSPS) is 11.7. The van der Waals surface area contributed by atoms with Crippen molar-refractivity contribution in [3.8, 4) is 34.7 Å². The van der Waals surface area contributed by atoms with Crippen molar-refractivity contribution in [2.24, 2.45) is 0 Å². The molecule has 4 N–H and O–H groups in total. The second-order valence-electron chi connectivity index (χ2n) is 8.66. The minimum atomic E-state index is -0.795. The van der Waals surface area contributed by atoms with Crippen LogP contribution in [-0.2, 0) is 12.2 Å². The Morgan fingerprint density at radius 1 is 1.10 bits per heavy atom. The zero-order chi connectivity index (χ0) is 28.1. The van der Waals surface area contributed by atoms with Gasteiger partial charge in [0, 0.05) is 16.9 Å². The number of pyridine rings is 1. The average Bonchev–Trinajstić information content (AvgIpc) is 3.32. The zero-order valence-corrected chi connectivity index (χ0v) is 22.4. The van der Waals surface area contributed by atoms with Gasteiger partial charge in [-0.2, -0.15) is 10.5 Å². The number of aliphatic hydroxyl groups is 2. The van der Waals surface area contributed by atoms with E-state index >= 15 is 0 Å². The standard InChI is InChI=1S/C28H23ClFN5O3S/c1-15-24(34-27(38-15)18-7-9-22(29)23(30)10-18)14-39-28-21(12-32)25(20(11-31)26(33)35-28)17-5-2-16(3-6-17)4-8-19(37)13-36/h2-3,5-7,9-10,19,36-37H,4,8,13-14H2,1H3,(H2,33,35)/t19-/m0/s1. The molecule has 0 spiro atoms. The van der Waals surface area contributed by atoms with Crippen molar-refractivity contribution in [2.75, 3.05) is 12.3 Å². The molecular weight excluding hydrogens is 541 g/mol. The summed E-state index contributed by atoms with van der Waals surface area (Å²) < 4.78 is 19.6. The van der Waals surface area contributed by atoms with Gasteiger partial charge in [-0.1, -0.05) is 47.6 Å². The number of hydrogen-bond donors (Lipinski definition) is 3. The lowest BCUT2D eigenvalue weighted by Crippen LogP contribution is -2.12. The zero-order valence-electron chi connectivity index (χ0n) is 20.8. The summed E-state index contributed by atoms with van der Waals surface area (Å²) in [6.07, 6.45) is 0.165. The van der Waals surface area contributed by atoms with E-state index in [1.54, 1.807) is 25.1 Å². The van der Waals surface area contributed by atoms with Crippen LogP contribution < -0.4 is 5.73 Å². The maximum atomic E-state index is 13.9.